The van der Waals surface area contributed by atoms with Gasteiger partial charge in [-0.05, 0) is 48.7 Å². The van der Waals surface area contributed by atoms with Crippen LogP contribution in [0, 0.1) is 0 Å². The molecule has 134 valence electrons. The lowest BCUT2D eigenvalue weighted by Gasteiger charge is -2.05. The summed E-state index contributed by atoms with van der Waals surface area (Å²) < 4.78 is 10.7. The van der Waals surface area contributed by atoms with Crippen LogP contribution in [0.5, 0.6) is 5.75 Å². The minimum absolute atomic E-state index is 0.127. The van der Waals surface area contributed by atoms with Crippen LogP contribution in [-0.4, -0.2) is 35.2 Å². The molecule has 6 nitrogen and oxygen atoms in total. The summed E-state index contributed by atoms with van der Waals surface area (Å²) in [7, 11) is 1.61. The Bertz CT molecular complexity index is 881. The Morgan fingerprint density at radius 1 is 1.19 bits per heavy atom. The predicted octanol–water partition coefficient (Wildman–Crippen LogP) is 4.20. The highest BCUT2D eigenvalue weighted by atomic mass is 32.2. The molecule has 0 saturated carbocycles. The van der Waals surface area contributed by atoms with E-state index in [9.17, 15) is 4.79 Å². The van der Waals surface area contributed by atoms with Crippen LogP contribution >= 0.6 is 23.5 Å². The van der Waals surface area contributed by atoms with Crippen molar-refractivity contribution in [3.63, 3.8) is 0 Å². The maximum Gasteiger partial charge on any atom is 0.277 e. The average molecular weight is 387 g/mol. The quantitative estimate of drug-likeness (QED) is 0.609. The fourth-order valence-electron chi connectivity index (χ4n) is 2.14. The maximum atomic E-state index is 12.1. The first-order valence-corrected chi connectivity index (χ1v) is 9.93. The van der Waals surface area contributed by atoms with Crippen molar-refractivity contribution in [1.82, 2.24) is 10.2 Å². The van der Waals surface area contributed by atoms with Gasteiger partial charge in [0.25, 0.3) is 5.22 Å². The third kappa shape index (κ3) is 4.80. The van der Waals surface area contributed by atoms with Crippen LogP contribution in [-0.2, 0) is 4.79 Å². The van der Waals surface area contributed by atoms with E-state index in [0.717, 1.165) is 21.9 Å². The topological polar surface area (TPSA) is 77.2 Å². The van der Waals surface area contributed by atoms with Crippen molar-refractivity contribution in [1.29, 1.82) is 0 Å². The first-order valence-electron chi connectivity index (χ1n) is 7.72. The van der Waals surface area contributed by atoms with Crippen molar-refractivity contribution >= 4 is 35.1 Å². The number of ether oxygens (including phenoxy) is 1. The molecule has 0 radical (unpaired) electrons. The molecule has 0 atom stereocenters. The normalized spacial score (nSPS) is 10.5. The number of anilines is 1. The Hall–Kier alpha value is -2.45. The van der Waals surface area contributed by atoms with Crippen LogP contribution in [0.2, 0.25) is 0 Å². The van der Waals surface area contributed by atoms with Crippen molar-refractivity contribution in [2.24, 2.45) is 0 Å². The molecule has 0 aliphatic carbocycles. The largest absolute Gasteiger partial charge is 0.497 e. The predicted molar refractivity (Wildman–Crippen MR) is 104 cm³/mol. The molecule has 1 heterocycles. The van der Waals surface area contributed by atoms with Gasteiger partial charge >= 0.3 is 0 Å². The summed E-state index contributed by atoms with van der Waals surface area (Å²) in [5, 5.41) is 11.2. The van der Waals surface area contributed by atoms with Crippen LogP contribution in [0.25, 0.3) is 11.5 Å². The van der Waals surface area contributed by atoms with Gasteiger partial charge in [0.15, 0.2) is 0 Å². The number of carbonyl (C=O) groups is 1. The van der Waals surface area contributed by atoms with Crippen LogP contribution in [0.3, 0.4) is 0 Å². The van der Waals surface area contributed by atoms with Gasteiger partial charge in [-0.1, -0.05) is 17.8 Å². The number of benzene rings is 2. The summed E-state index contributed by atoms with van der Waals surface area (Å²) in [6.45, 7) is 0. The van der Waals surface area contributed by atoms with E-state index in [0.29, 0.717) is 11.1 Å². The Morgan fingerprint density at radius 2 is 2.00 bits per heavy atom. The van der Waals surface area contributed by atoms with Gasteiger partial charge in [0.2, 0.25) is 11.8 Å². The molecule has 0 spiro atoms. The zero-order valence-corrected chi connectivity index (χ0v) is 15.9. The van der Waals surface area contributed by atoms with Gasteiger partial charge < -0.3 is 14.5 Å². The molecular weight excluding hydrogens is 370 g/mol. The fourth-order valence-corrected chi connectivity index (χ4v) is 3.17. The van der Waals surface area contributed by atoms with Crippen molar-refractivity contribution in [2.75, 3.05) is 24.4 Å². The summed E-state index contributed by atoms with van der Waals surface area (Å²) in [6, 6.07) is 15.0. The lowest BCUT2D eigenvalue weighted by atomic mass is 10.2. The molecular formula is C18H17N3O3S2. The molecule has 0 fully saturated rings. The van der Waals surface area contributed by atoms with Crippen LogP contribution in [0.15, 0.2) is 63.1 Å². The number of amides is 1. The highest BCUT2D eigenvalue weighted by molar-refractivity contribution is 7.99. The van der Waals surface area contributed by atoms with Gasteiger partial charge in [0.1, 0.15) is 5.75 Å². The van der Waals surface area contributed by atoms with E-state index in [-0.39, 0.29) is 11.7 Å². The Labute approximate surface area is 159 Å². The van der Waals surface area contributed by atoms with Crippen molar-refractivity contribution in [3.05, 3.63) is 48.5 Å². The van der Waals surface area contributed by atoms with Crippen molar-refractivity contribution < 1.29 is 13.9 Å². The molecule has 26 heavy (non-hydrogen) atoms. The van der Waals surface area contributed by atoms with Gasteiger partial charge in [0.05, 0.1) is 12.9 Å². The van der Waals surface area contributed by atoms with E-state index >= 15 is 0 Å². The number of hydrogen-bond donors (Lipinski definition) is 1. The molecule has 1 N–H and O–H groups in total. The van der Waals surface area contributed by atoms with E-state index < -0.39 is 0 Å². The SMILES string of the molecule is COc1ccc(-c2nnc(SCC(=O)Nc3cccc(SC)c3)o2)cc1. The Balaban J connectivity index is 1.56. The molecule has 8 heteroatoms. The van der Waals surface area contributed by atoms with E-state index in [2.05, 4.69) is 15.5 Å². The summed E-state index contributed by atoms with van der Waals surface area (Å²) in [4.78, 5) is 13.2. The average Bonchev–Trinajstić information content (AvgIpc) is 3.15. The van der Waals surface area contributed by atoms with E-state index in [4.69, 9.17) is 9.15 Å². The molecule has 0 saturated heterocycles. The summed E-state index contributed by atoms with van der Waals surface area (Å²) in [5.74, 6) is 1.22. The second kappa shape index (κ2) is 8.77. The highest BCUT2D eigenvalue weighted by Crippen LogP contribution is 2.25. The number of nitrogens with zero attached hydrogens (tertiary/aromatic N) is 2. The molecule has 3 aromatic rings. The molecule has 0 bridgehead atoms. The number of aromatic nitrogens is 2. The van der Waals surface area contributed by atoms with Gasteiger partial charge in [-0.2, -0.15) is 0 Å². The van der Waals surface area contributed by atoms with Gasteiger partial charge in [-0.3, -0.25) is 4.79 Å². The number of carbonyl (C=O) groups excluding carboxylic acids is 1. The minimum Gasteiger partial charge on any atom is -0.497 e. The summed E-state index contributed by atoms with van der Waals surface area (Å²) >= 11 is 2.82. The Kier molecular flexibility index (Phi) is 6.19. The van der Waals surface area contributed by atoms with Gasteiger partial charge in [-0.25, -0.2) is 0 Å². The van der Waals surface area contributed by atoms with E-state index in [1.807, 2.05) is 54.8 Å². The Morgan fingerprint density at radius 3 is 2.73 bits per heavy atom. The first kappa shape index (κ1) is 18.3. The lowest BCUT2D eigenvalue weighted by molar-refractivity contribution is -0.113. The third-order valence-corrected chi connectivity index (χ3v) is 4.97. The smallest absolute Gasteiger partial charge is 0.277 e. The number of nitrogens with one attached hydrogen (secondary N) is 1. The van der Waals surface area contributed by atoms with Crippen LogP contribution < -0.4 is 10.1 Å². The number of hydrogen-bond acceptors (Lipinski definition) is 7. The lowest BCUT2D eigenvalue weighted by Crippen LogP contribution is -2.13. The standard InChI is InChI=1S/C18H17N3O3S2/c1-23-14-8-6-12(7-9-14)17-20-21-18(24-17)26-11-16(22)19-13-4-3-5-15(10-13)25-2/h3-10H,11H2,1-2H3,(H,19,22). The molecule has 0 aliphatic heterocycles. The zero-order valence-electron chi connectivity index (χ0n) is 14.3. The monoisotopic (exact) mass is 387 g/mol. The van der Waals surface area contributed by atoms with Crippen molar-refractivity contribution in [3.8, 4) is 17.2 Å². The number of rotatable bonds is 7. The second-order valence-corrected chi connectivity index (χ2v) is 6.98. The maximum absolute atomic E-state index is 12.1. The molecule has 1 aromatic heterocycles. The number of methoxy groups -OCH3 is 1. The van der Waals surface area contributed by atoms with Gasteiger partial charge in [0, 0.05) is 16.1 Å². The zero-order chi connectivity index (χ0) is 18.4. The van der Waals surface area contributed by atoms with Crippen LogP contribution in [0.4, 0.5) is 5.69 Å². The fraction of sp³-hybridized carbons (Fsp3) is 0.167. The van der Waals surface area contributed by atoms with E-state index in [1.54, 1.807) is 18.9 Å². The second-order valence-electron chi connectivity index (χ2n) is 5.17. The molecule has 3 rings (SSSR count). The summed E-state index contributed by atoms with van der Waals surface area (Å²) in [5.41, 5.74) is 1.57. The third-order valence-electron chi connectivity index (χ3n) is 3.42. The van der Waals surface area contributed by atoms with E-state index in [1.165, 1.54) is 11.8 Å². The molecule has 1 amide bonds. The molecule has 2 aromatic carbocycles. The highest BCUT2D eigenvalue weighted by Gasteiger charge is 2.11. The summed E-state index contributed by atoms with van der Waals surface area (Å²) in [6.07, 6.45) is 1.99. The van der Waals surface area contributed by atoms with Crippen LogP contribution in [0.1, 0.15) is 0 Å². The first-order chi connectivity index (χ1) is 12.7. The minimum atomic E-state index is -0.127. The van der Waals surface area contributed by atoms with Crippen molar-refractivity contribution in [2.45, 2.75) is 10.1 Å². The molecule has 0 aliphatic rings. The molecule has 0 unspecified atom stereocenters. The number of thioether (sulfide) groups is 2. The van der Waals surface area contributed by atoms with Gasteiger partial charge in [-0.15, -0.1) is 22.0 Å².